The van der Waals surface area contributed by atoms with E-state index in [0.29, 0.717) is 34.6 Å². The predicted octanol–water partition coefficient (Wildman–Crippen LogP) is 3.10. The Labute approximate surface area is 174 Å². The minimum atomic E-state index is -0.267. The Morgan fingerprint density at radius 3 is 2.03 bits per heavy atom. The van der Waals surface area contributed by atoms with Crippen molar-refractivity contribution in [1.82, 2.24) is 0 Å². The Bertz CT molecular complexity index is 1110. The summed E-state index contributed by atoms with van der Waals surface area (Å²) in [5.74, 6) is -0.487. The largest absolute Gasteiger partial charge is 0.396 e. The van der Waals surface area contributed by atoms with E-state index in [-0.39, 0.29) is 36.0 Å². The quantitative estimate of drug-likeness (QED) is 0.355. The maximum atomic E-state index is 13.3. The molecule has 0 saturated heterocycles. The first-order valence-electron chi connectivity index (χ1n) is 9.89. The molecule has 0 atom stereocenters. The van der Waals surface area contributed by atoms with Gasteiger partial charge in [-0.15, -0.1) is 0 Å². The van der Waals surface area contributed by atoms with Gasteiger partial charge in [-0.3, -0.25) is 9.59 Å². The predicted molar refractivity (Wildman–Crippen MR) is 118 cm³/mol. The minimum Gasteiger partial charge on any atom is -0.396 e. The number of hydrogen-bond acceptors (Lipinski definition) is 6. The van der Waals surface area contributed by atoms with Crippen molar-refractivity contribution in [3.63, 3.8) is 0 Å². The summed E-state index contributed by atoms with van der Waals surface area (Å²) in [6, 6.07) is 18.6. The molecule has 0 radical (unpaired) electrons. The van der Waals surface area contributed by atoms with Crippen molar-refractivity contribution >= 4 is 28.6 Å². The Morgan fingerprint density at radius 1 is 0.767 bits per heavy atom. The van der Waals surface area contributed by atoms with Gasteiger partial charge in [0.05, 0.1) is 29.1 Å². The third kappa shape index (κ3) is 3.53. The first kappa shape index (κ1) is 19.7. The van der Waals surface area contributed by atoms with Crippen LogP contribution in [0.1, 0.15) is 37.4 Å². The van der Waals surface area contributed by atoms with E-state index in [1.54, 1.807) is 30.3 Å². The van der Waals surface area contributed by atoms with Gasteiger partial charge in [-0.25, -0.2) is 0 Å². The molecule has 0 unspecified atom stereocenters. The van der Waals surface area contributed by atoms with Crippen LogP contribution in [-0.2, 0) is 6.42 Å². The van der Waals surface area contributed by atoms with Gasteiger partial charge in [0.25, 0.3) is 0 Å². The summed E-state index contributed by atoms with van der Waals surface area (Å²) in [7, 11) is 0. The van der Waals surface area contributed by atoms with Crippen molar-refractivity contribution in [2.75, 3.05) is 36.1 Å². The lowest BCUT2D eigenvalue weighted by atomic mass is 9.82. The molecular weight excluding hydrogens is 378 g/mol. The van der Waals surface area contributed by atoms with E-state index < -0.39 is 0 Å². The van der Waals surface area contributed by atoms with E-state index in [1.807, 2.05) is 30.3 Å². The fourth-order valence-corrected chi connectivity index (χ4v) is 3.78. The zero-order valence-corrected chi connectivity index (χ0v) is 16.4. The molecule has 4 rings (SSSR count). The third-order valence-electron chi connectivity index (χ3n) is 5.24. The van der Waals surface area contributed by atoms with E-state index in [9.17, 15) is 14.7 Å². The zero-order valence-electron chi connectivity index (χ0n) is 16.4. The van der Waals surface area contributed by atoms with Crippen molar-refractivity contribution in [3.8, 4) is 0 Å². The number of carbonyl (C=O) groups is 2. The average molecular weight is 401 g/mol. The number of nitrogen functional groups attached to an aromatic ring is 1. The Morgan fingerprint density at radius 2 is 1.37 bits per heavy atom. The number of carbonyl (C=O) groups excluding carboxylic acids is 2. The van der Waals surface area contributed by atoms with Crippen LogP contribution in [0.2, 0.25) is 0 Å². The van der Waals surface area contributed by atoms with E-state index >= 15 is 0 Å². The highest BCUT2D eigenvalue weighted by atomic mass is 16.3. The fraction of sp³-hybridized carbons (Fsp3) is 0.167. The summed E-state index contributed by atoms with van der Waals surface area (Å²) >= 11 is 0. The lowest BCUT2D eigenvalue weighted by molar-refractivity contribution is 0.0980. The van der Waals surface area contributed by atoms with Crippen LogP contribution in [0, 0.1) is 0 Å². The first-order valence-corrected chi connectivity index (χ1v) is 9.89. The van der Waals surface area contributed by atoms with Crippen LogP contribution in [0.15, 0.2) is 60.7 Å². The molecule has 6 nitrogen and oxygen atoms in total. The van der Waals surface area contributed by atoms with Crippen molar-refractivity contribution in [3.05, 3.63) is 88.5 Å². The molecular formula is C24H23N3O3. The maximum Gasteiger partial charge on any atom is 0.196 e. The molecule has 0 aliphatic heterocycles. The molecule has 0 amide bonds. The molecule has 3 aromatic carbocycles. The van der Waals surface area contributed by atoms with Gasteiger partial charge >= 0.3 is 0 Å². The summed E-state index contributed by atoms with van der Waals surface area (Å²) in [6.45, 7) is 0.789. The van der Waals surface area contributed by atoms with Crippen molar-refractivity contribution < 1.29 is 14.7 Å². The highest BCUT2D eigenvalue weighted by Crippen LogP contribution is 2.39. The number of anilines is 3. The summed E-state index contributed by atoms with van der Waals surface area (Å²) < 4.78 is 0. The fourth-order valence-electron chi connectivity index (χ4n) is 3.78. The number of ketones is 2. The molecule has 0 aromatic heterocycles. The van der Waals surface area contributed by atoms with Gasteiger partial charge in [0.15, 0.2) is 11.6 Å². The second kappa shape index (κ2) is 8.39. The van der Waals surface area contributed by atoms with Crippen LogP contribution in [0.25, 0.3) is 0 Å². The van der Waals surface area contributed by atoms with Crippen LogP contribution in [-0.4, -0.2) is 36.4 Å². The number of hydrogen-bond donors (Lipinski definition) is 4. The zero-order chi connectivity index (χ0) is 21.1. The summed E-state index contributed by atoms with van der Waals surface area (Å²) in [5, 5.41) is 15.5. The highest BCUT2D eigenvalue weighted by molar-refractivity contribution is 6.32. The maximum absolute atomic E-state index is 13.3. The van der Waals surface area contributed by atoms with E-state index in [2.05, 4.69) is 10.6 Å². The topological polar surface area (TPSA) is 104 Å². The monoisotopic (exact) mass is 401 g/mol. The van der Waals surface area contributed by atoms with Crippen LogP contribution in [0.5, 0.6) is 0 Å². The lowest BCUT2D eigenvalue weighted by Gasteiger charge is -2.24. The number of fused-ring (bicyclic) bond motifs is 2. The molecule has 0 heterocycles. The number of rotatable bonds is 7. The molecule has 6 heteroatoms. The highest BCUT2D eigenvalue weighted by Gasteiger charge is 2.34. The van der Waals surface area contributed by atoms with Crippen molar-refractivity contribution in [2.24, 2.45) is 0 Å². The normalized spacial score (nSPS) is 12.3. The molecule has 5 N–H and O–H groups in total. The van der Waals surface area contributed by atoms with E-state index in [1.165, 1.54) is 5.56 Å². The second-order valence-corrected chi connectivity index (χ2v) is 7.15. The molecule has 30 heavy (non-hydrogen) atoms. The number of nitrogens with two attached hydrogens (primary N) is 1. The number of benzene rings is 3. The van der Waals surface area contributed by atoms with Gasteiger partial charge in [-0.1, -0.05) is 54.6 Å². The molecule has 1 aliphatic rings. The van der Waals surface area contributed by atoms with Crippen LogP contribution < -0.4 is 16.4 Å². The smallest absolute Gasteiger partial charge is 0.196 e. The van der Waals surface area contributed by atoms with Crippen LogP contribution in [0.4, 0.5) is 17.1 Å². The first-order chi connectivity index (χ1) is 14.6. The molecule has 0 bridgehead atoms. The van der Waals surface area contributed by atoms with Gasteiger partial charge in [0, 0.05) is 29.9 Å². The SMILES string of the molecule is Nc1c(NCCO)cc(NCCc2ccccc2)c2c1C(=O)c1ccccc1C2=O. The standard InChI is InChI=1S/C24H23N3O3/c25-22-19(27-12-13-28)14-18(26-11-10-15-6-2-1-3-7-15)20-21(22)24(30)17-9-5-4-8-16(17)23(20)29/h1-9,14,26-28H,10-13,25H2. The van der Waals surface area contributed by atoms with E-state index in [0.717, 1.165) is 6.42 Å². The molecule has 1 aliphatic carbocycles. The van der Waals surface area contributed by atoms with E-state index in [4.69, 9.17) is 5.73 Å². The summed E-state index contributed by atoms with van der Waals surface area (Å²) in [5.41, 5.74) is 10.0. The Hall–Kier alpha value is -3.64. The van der Waals surface area contributed by atoms with Gasteiger partial charge in [0.1, 0.15) is 0 Å². The Kier molecular flexibility index (Phi) is 5.50. The summed E-state index contributed by atoms with van der Waals surface area (Å²) in [4.78, 5) is 26.5. The molecule has 0 saturated carbocycles. The van der Waals surface area contributed by atoms with Crippen molar-refractivity contribution in [2.45, 2.75) is 6.42 Å². The van der Waals surface area contributed by atoms with Crippen LogP contribution >= 0.6 is 0 Å². The van der Waals surface area contributed by atoms with Gasteiger partial charge < -0.3 is 21.5 Å². The molecule has 3 aromatic rings. The van der Waals surface area contributed by atoms with Gasteiger partial charge in [-0.2, -0.15) is 0 Å². The number of nitrogens with one attached hydrogen (secondary N) is 2. The third-order valence-corrected chi connectivity index (χ3v) is 5.24. The number of aliphatic hydroxyl groups is 1. The van der Waals surface area contributed by atoms with Gasteiger partial charge in [0.2, 0.25) is 0 Å². The lowest BCUT2D eigenvalue weighted by Crippen LogP contribution is -2.25. The Balaban J connectivity index is 1.75. The minimum absolute atomic E-state index is 0.0804. The molecule has 0 fully saturated rings. The van der Waals surface area contributed by atoms with Crippen LogP contribution in [0.3, 0.4) is 0 Å². The molecule has 152 valence electrons. The summed E-state index contributed by atoms with van der Waals surface area (Å²) in [6.07, 6.45) is 0.762. The second-order valence-electron chi connectivity index (χ2n) is 7.15. The number of aliphatic hydroxyl groups excluding tert-OH is 1. The average Bonchev–Trinajstić information content (AvgIpc) is 2.78. The molecule has 0 spiro atoms. The van der Waals surface area contributed by atoms with Crippen molar-refractivity contribution in [1.29, 1.82) is 0 Å². The van der Waals surface area contributed by atoms with Gasteiger partial charge in [-0.05, 0) is 18.1 Å².